The Labute approximate surface area is 44.3 Å². The molecule has 0 N–H and O–H groups in total. The second kappa shape index (κ2) is 4.89. The molecule has 0 spiro atoms. The summed E-state index contributed by atoms with van der Waals surface area (Å²) < 4.78 is 4.48. The zero-order valence-electron chi connectivity index (χ0n) is 3.82. The van der Waals surface area contributed by atoms with Gasteiger partial charge in [0.1, 0.15) is 0 Å². The molecule has 0 unspecified atom stereocenters. The van der Waals surface area contributed by atoms with E-state index in [9.17, 15) is 0 Å². The molecule has 0 atom stereocenters. The number of ether oxygens (including phenoxy) is 1. The molecule has 0 saturated carbocycles. The fourth-order valence-electron chi connectivity index (χ4n) is 0. The van der Waals surface area contributed by atoms with Crippen LogP contribution in [0.2, 0.25) is 0 Å². The molecule has 0 amide bonds. The van der Waals surface area contributed by atoms with Crippen LogP contribution in [0.5, 0.6) is 0 Å². The maximum atomic E-state index is 4.48. The largest absolute Gasteiger partial charge is 0.491 e. The van der Waals surface area contributed by atoms with E-state index in [-0.39, 0.29) is 7.43 Å². The molecule has 0 heterocycles. The first-order valence-corrected chi connectivity index (χ1v) is 1.72. The molecule has 0 fully saturated rings. The van der Waals surface area contributed by atoms with E-state index >= 15 is 0 Å². The van der Waals surface area contributed by atoms with E-state index in [1.165, 1.54) is 0 Å². The fraction of sp³-hybridized carbons (Fsp3) is 0.500. The molecule has 0 aromatic heterocycles. The average molecular weight is 102 g/mol. The van der Waals surface area contributed by atoms with E-state index in [1.54, 1.807) is 14.0 Å². The molecule has 2 heteroatoms. The highest BCUT2D eigenvalue weighted by molar-refractivity contribution is 7.80. The molecule has 0 aromatic carbocycles. The van der Waals surface area contributed by atoms with Gasteiger partial charge < -0.3 is 4.74 Å². The van der Waals surface area contributed by atoms with Crippen molar-refractivity contribution >= 4 is 17.3 Å². The van der Waals surface area contributed by atoms with Crippen LogP contribution in [0.15, 0.2) is 0 Å². The van der Waals surface area contributed by atoms with Crippen LogP contribution in [0.4, 0.5) is 0 Å². The van der Waals surface area contributed by atoms with Crippen LogP contribution in [-0.4, -0.2) is 12.2 Å². The van der Waals surface area contributed by atoms with Crippen molar-refractivity contribution in [3.8, 4) is 0 Å². The molecule has 4 radical (unpaired) electrons. The Kier molecular flexibility index (Phi) is 7.59. The highest BCUT2D eigenvalue weighted by Crippen LogP contribution is 1.68. The highest BCUT2D eigenvalue weighted by atomic mass is 32.1. The Morgan fingerprint density at radius 1 is 1.67 bits per heavy atom. The zero-order valence-corrected chi connectivity index (χ0v) is 4.63. The predicted octanol–water partition coefficient (Wildman–Crippen LogP) is 1.06. The lowest BCUT2D eigenvalue weighted by molar-refractivity contribution is 0.411. The molecule has 0 aliphatic carbocycles. The Hall–Kier alpha value is -0.110. The standard InChI is InChI=1S/C3H6OS.C/c1-3(5)4-2;/h1-2H3;. The minimum absolute atomic E-state index is 0. The minimum atomic E-state index is 0. The SMILES string of the molecule is COC(C)=S.[C]. The average Bonchev–Trinajstić information content (AvgIpc) is 1.38. The van der Waals surface area contributed by atoms with Crippen molar-refractivity contribution in [3.05, 3.63) is 7.43 Å². The normalized spacial score (nSPS) is 5.67. The van der Waals surface area contributed by atoms with Crippen LogP contribution >= 0.6 is 12.2 Å². The molecular formula is C4H6OS. The molecule has 0 rings (SSSR count). The van der Waals surface area contributed by atoms with Gasteiger partial charge in [0, 0.05) is 14.4 Å². The number of rotatable bonds is 0. The van der Waals surface area contributed by atoms with Gasteiger partial charge in [-0.1, -0.05) is 0 Å². The van der Waals surface area contributed by atoms with Crippen LogP contribution < -0.4 is 0 Å². The van der Waals surface area contributed by atoms with E-state index in [2.05, 4.69) is 17.0 Å². The van der Waals surface area contributed by atoms with Gasteiger partial charge >= 0.3 is 0 Å². The van der Waals surface area contributed by atoms with Gasteiger partial charge in [0.2, 0.25) is 0 Å². The van der Waals surface area contributed by atoms with Crippen LogP contribution in [0.25, 0.3) is 0 Å². The third kappa shape index (κ3) is 9.10. The topological polar surface area (TPSA) is 9.23 Å². The summed E-state index contributed by atoms with van der Waals surface area (Å²) in [5.41, 5.74) is 0. The van der Waals surface area contributed by atoms with Crippen LogP contribution in [-0.2, 0) is 4.74 Å². The van der Waals surface area contributed by atoms with Gasteiger partial charge in [-0.3, -0.25) is 0 Å². The number of methoxy groups -OCH3 is 1. The van der Waals surface area contributed by atoms with Gasteiger partial charge in [0.05, 0.1) is 7.11 Å². The second-order valence-corrected chi connectivity index (χ2v) is 1.27. The second-order valence-electron chi connectivity index (χ2n) is 0.696. The molecule has 6 heavy (non-hydrogen) atoms. The molecule has 0 saturated heterocycles. The van der Waals surface area contributed by atoms with E-state index in [0.29, 0.717) is 5.05 Å². The van der Waals surface area contributed by atoms with Gasteiger partial charge in [-0.15, -0.1) is 0 Å². The quantitative estimate of drug-likeness (QED) is 0.423. The molecular weight excluding hydrogens is 96.1 g/mol. The van der Waals surface area contributed by atoms with Gasteiger partial charge in [-0.05, 0) is 12.2 Å². The Morgan fingerprint density at radius 3 is 1.83 bits per heavy atom. The summed E-state index contributed by atoms with van der Waals surface area (Å²) in [7, 11) is 1.56. The highest BCUT2D eigenvalue weighted by Gasteiger charge is 1.69. The summed E-state index contributed by atoms with van der Waals surface area (Å²) in [6.45, 7) is 1.73. The Bertz CT molecular complexity index is 42.8. The molecule has 0 aliphatic heterocycles. The maximum absolute atomic E-state index is 4.48. The van der Waals surface area contributed by atoms with E-state index < -0.39 is 0 Å². The molecule has 1 nitrogen and oxygen atoms in total. The molecule has 0 aliphatic rings. The van der Waals surface area contributed by atoms with Gasteiger partial charge in [0.25, 0.3) is 0 Å². The van der Waals surface area contributed by atoms with Crippen molar-refractivity contribution in [2.75, 3.05) is 7.11 Å². The van der Waals surface area contributed by atoms with Crippen LogP contribution in [0, 0.1) is 7.43 Å². The Morgan fingerprint density at radius 2 is 1.83 bits per heavy atom. The predicted molar refractivity (Wildman–Crippen MR) is 28.5 cm³/mol. The number of thiocarbonyl (C=S) groups is 1. The summed E-state index contributed by atoms with van der Waals surface area (Å²) in [6.07, 6.45) is 0. The van der Waals surface area contributed by atoms with E-state index in [4.69, 9.17) is 0 Å². The lowest BCUT2D eigenvalue weighted by Crippen LogP contribution is -1.84. The monoisotopic (exact) mass is 102 g/mol. The number of hydrogen-bond acceptors (Lipinski definition) is 2. The minimum Gasteiger partial charge on any atom is -0.491 e. The van der Waals surface area contributed by atoms with Crippen LogP contribution in [0.3, 0.4) is 0 Å². The summed E-state index contributed by atoms with van der Waals surface area (Å²) in [6, 6.07) is 0. The van der Waals surface area contributed by atoms with Crippen molar-refractivity contribution in [1.29, 1.82) is 0 Å². The summed E-state index contributed by atoms with van der Waals surface area (Å²) in [4.78, 5) is 0. The van der Waals surface area contributed by atoms with Crippen molar-refractivity contribution in [2.45, 2.75) is 6.92 Å². The summed E-state index contributed by atoms with van der Waals surface area (Å²) in [5.74, 6) is 0. The zero-order chi connectivity index (χ0) is 4.28. The smallest absolute Gasteiger partial charge is 0.156 e. The lowest BCUT2D eigenvalue weighted by atomic mass is 10.9. The maximum Gasteiger partial charge on any atom is 0.156 e. The first-order chi connectivity index (χ1) is 2.27. The summed E-state index contributed by atoms with van der Waals surface area (Å²) in [5, 5.41) is 0.588. The molecule has 34 valence electrons. The van der Waals surface area contributed by atoms with Gasteiger partial charge in [-0.25, -0.2) is 0 Å². The van der Waals surface area contributed by atoms with Gasteiger partial charge in [0.15, 0.2) is 5.05 Å². The van der Waals surface area contributed by atoms with Crippen molar-refractivity contribution in [3.63, 3.8) is 0 Å². The van der Waals surface area contributed by atoms with Crippen molar-refractivity contribution in [2.24, 2.45) is 0 Å². The first kappa shape index (κ1) is 9.31. The number of hydrogen-bond donors (Lipinski definition) is 0. The molecule has 0 aromatic rings. The third-order valence-electron chi connectivity index (χ3n) is 0.287. The molecule has 0 bridgehead atoms. The Balaban J connectivity index is 0. The van der Waals surface area contributed by atoms with E-state index in [0.717, 1.165) is 0 Å². The third-order valence-corrected chi connectivity index (χ3v) is 0.454. The lowest BCUT2D eigenvalue weighted by Gasteiger charge is -1.85. The van der Waals surface area contributed by atoms with Crippen LogP contribution in [0.1, 0.15) is 6.92 Å². The fourth-order valence-corrected chi connectivity index (χ4v) is 0. The first-order valence-electron chi connectivity index (χ1n) is 1.32. The van der Waals surface area contributed by atoms with Gasteiger partial charge in [-0.2, -0.15) is 0 Å². The van der Waals surface area contributed by atoms with Crippen molar-refractivity contribution in [1.82, 2.24) is 0 Å². The van der Waals surface area contributed by atoms with Crippen molar-refractivity contribution < 1.29 is 4.74 Å². The van der Waals surface area contributed by atoms with E-state index in [1.807, 2.05) is 0 Å². The summed E-state index contributed by atoms with van der Waals surface area (Å²) >= 11 is 4.47.